The van der Waals surface area contributed by atoms with Crippen LogP contribution in [0.4, 0.5) is 4.39 Å². The molecule has 70 valence electrons. The highest BCUT2D eigenvalue weighted by molar-refractivity contribution is 6.63. The molecule has 1 aromatic rings. The Morgan fingerprint density at radius 3 is 2.77 bits per heavy atom. The molecule has 0 atom stereocenters. The van der Waals surface area contributed by atoms with Crippen molar-refractivity contribution >= 4 is 28.4 Å². The van der Waals surface area contributed by atoms with Gasteiger partial charge in [0, 0.05) is 6.07 Å². The molecule has 1 aromatic carbocycles. The Balaban J connectivity index is 2.68. The predicted molar refractivity (Wildman–Crippen MR) is 47.8 cm³/mol. The third kappa shape index (κ3) is 3.20. The standard InChI is InChI=1S/C8H5Cl2FO2/c9-6-3-5(1-2-7(6)11)13-4-8(10)12/h1-3H,4H2. The average molecular weight is 223 g/mol. The summed E-state index contributed by atoms with van der Waals surface area (Å²) in [6.07, 6.45) is 0. The molecule has 2 nitrogen and oxygen atoms in total. The Morgan fingerprint density at radius 2 is 2.23 bits per heavy atom. The maximum Gasteiger partial charge on any atom is 0.259 e. The zero-order valence-corrected chi connectivity index (χ0v) is 7.90. The smallest absolute Gasteiger partial charge is 0.259 e. The van der Waals surface area contributed by atoms with Gasteiger partial charge in [-0.2, -0.15) is 0 Å². The molecule has 0 aliphatic rings. The van der Waals surface area contributed by atoms with Crippen molar-refractivity contribution in [2.24, 2.45) is 0 Å². The maximum absolute atomic E-state index is 12.6. The number of rotatable bonds is 3. The zero-order chi connectivity index (χ0) is 9.84. The molecule has 1 rings (SSSR count). The van der Waals surface area contributed by atoms with Crippen molar-refractivity contribution in [1.82, 2.24) is 0 Å². The highest BCUT2D eigenvalue weighted by atomic mass is 35.5. The molecular weight excluding hydrogens is 218 g/mol. The molecule has 13 heavy (non-hydrogen) atoms. The number of halogens is 3. The van der Waals surface area contributed by atoms with Gasteiger partial charge in [0.1, 0.15) is 11.6 Å². The Morgan fingerprint density at radius 1 is 1.54 bits per heavy atom. The van der Waals surface area contributed by atoms with E-state index < -0.39 is 11.1 Å². The van der Waals surface area contributed by atoms with Crippen LogP contribution in [0.5, 0.6) is 5.75 Å². The number of hydrogen-bond acceptors (Lipinski definition) is 2. The quantitative estimate of drug-likeness (QED) is 0.736. The van der Waals surface area contributed by atoms with Crippen molar-refractivity contribution in [2.45, 2.75) is 0 Å². The second-order valence-electron chi connectivity index (χ2n) is 2.22. The van der Waals surface area contributed by atoms with Crippen molar-refractivity contribution in [3.8, 4) is 5.75 Å². The van der Waals surface area contributed by atoms with E-state index in [1.165, 1.54) is 12.1 Å². The van der Waals surface area contributed by atoms with Gasteiger partial charge < -0.3 is 4.74 Å². The topological polar surface area (TPSA) is 26.3 Å². The average Bonchev–Trinajstić information content (AvgIpc) is 2.07. The normalized spacial score (nSPS) is 9.77. The summed E-state index contributed by atoms with van der Waals surface area (Å²) in [7, 11) is 0. The second-order valence-corrected chi connectivity index (χ2v) is 3.05. The van der Waals surface area contributed by atoms with Crippen LogP contribution in [-0.2, 0) is 4.79 Å². The van der Waals surface area contributed by atoms with Crippen molar-refractivity contribution in [2.75, 3.05) is 6.61 Å². The van der Waals surface area contributed by atoms with Crippen LogP contribution < -0.4 is 4.74 Å². The van der Waals surface area contributed by atoms with Gasteiger partial charge in [0.05, 0.1) is 5.02 Å². The van der Waals surface area contributed by atoms with E-state index >= 15 is 0 Å². The first-order valence-electron chi connectivity index (χ1n) is 3.36. The fourth-order valence-electron chi connectivity index (χ4n) is 0.707. The summed E-state index contributed by atoms with van der Waals surface area (Å²) in [6, 6.07) is 3.79. The maximum atomic E-state index is 12.6. The SMILES string of the molecule is O=C(Cl)COc1ccc(F)c(Cl)c1. The van der Waals surface area contributed by atoms with Gasteiger partial charge in [-0.05, 0) is 23.7 Å². The van der Waals surface area contributed by atoms with Crippen LogP contribution in [0.25, 0.3) is 0 Å². The van der Waals surface area contributed by atoms with Crippen molar-refractivity contribution in [1.29, 1.82) is 0 Å². The summed E-state index contributed by atoms with van der Waals surface area (Å²) in [4.78, 5) is 10.3. The van der Waals surface area contributed by atoms with Crippen molar-refractivity contribution in [3.63, 3.8) is 0 Å². The Labute approximate surface area is 84.2 Å². The lowest BCUT2D eigenvalue weighted by molar-refractivity contribution is -0.113. The molecule has 0 bridgehead atoms. The molecule has 0 saturated carbocycles. The first kappa shape index (κ1) is 10.3. The zero-order valence-electron chi connectivity index (χ0n) is 6.39. The minimum absolute atomic E-state index is 0.0560. The van der Waals surface area contributed by atoms with Crippen LogP contribution in [0.15, 0.2) is 18.2 Å². The molecule has 0 N–H and O–H groups in total. The van der Waals surface area contributed by atoms with E-state index in [-0.39, 0.29) is 11.6 Å². The van der Waals surface area contributed by atoms with E-state index in [0.29, 0.717) is 5.75 Å². The third-order valence-electron chi connectivity index (χ3n) is 1.24. The monoisotopic (exact) mass is 222 g/mol. The molecule has 5 heteroatoms. The molecule has 0 saturated heterocycles. The molecule has 0 aromatic heterocycles. The summed E-state index contributed by atoms with van der Waals surface area (Å²) in [5.74, 6) is -0.230. The van der Waals surface area contributed by atoms with Gasteiger partial charge in [0.15, 0.2) is 6.61 Å². The van der Waals surface area contributed by atoms with Gasteiger partial charge in [-0.3, -0.25) is 4.79 Å². The molecule has 0 heterocycles. The van der Waals surface area contributed by atoms with Crippen LogP contribution in [0.3, 0.4) is 0 Å². The van der Waals surface area contributed by atoms with E-state index in [1.54, 1.807) is 0 Å². The lowest BCUT2D eigenvalue weighted by Gasteiger charge is -2.02. The minimum atomic E-state index is -0.625. The van der Waals surface area contributed by atoms with E-state index in [9.17, 15) is 9.18 Å². The Bertz CT molecular complexity index is 328. The van der Waals surface area contributed by atoms with E-state index in [1.807, 2.05) is 0 Å². The number of benzene rings is 1. The van der Waals surface area contributed by atoms with Crippen LogP contribution in [0.1, 0.15) is 0 Å². The molecule has 0 radical (unpaired) electrons. The minimum Gasteiger partial charge on any atom is -0.484 e. The molecule has 0 aliphatic heterocycles. The van der Waals surface area contributed by atoms with Crippen LogP contribution in [0, 0.1) is 5.82 Å². The highest BCUT2D eigenvalue weighted by Crippen LogP contribution is 2.20. The van der Waals surface area contributed by atoms with Gasteiger partial charge >= 0.3 is 0 Å². The largest absolute Gasteiger partial charge is 0.484 e. The molecule has 0 spiro atoms. The van der Waals surface area contributed by atoms with Crippen LogP contribution >= 0.6 is 23.2 Å². The van der Waals surface area contributed by atoms with E-state index in [0.717, 1.165) is 6.07 Å². The summed E-state index contributed by atoms with van der Waals surface area (Å²) in [5.41, 5.74) is 0. The van der Waals surface area contributed by atoms with Gasteiger partial charge in [-0.1, -0.05) is 11.6 Å². The van der Waals surface area contributed by atoms with E-state index in [4.69, 9.17) is 27.9 Å². The summed E-state index contributed by atoms with van der Waals surface area (Å²) < 4.78 is 17.5. The summed E-state index contributed by atoms with van der Waals surface area (Å²) >= 11 is 10.5. The number of carbonyl (C=O) groups excluding carboxylic acids is 1. The van der Waals surface area contributed by atoms with Crippen LogP contribution in [-0.4, -0.2) is 11.8 Å². The molecule has 0 amide bonds. The fourth-order valence-corrected chi connectivity index (χ4v) is 0.932. The van der Waals surface area contributed by atoms with Crippen molar-refractivity contribution in [3.05, 3.63) is 29.0 Å². The molecule has 0 unspecified atom stereocenters. The van der Waals surface area contributed by atoms with Crippen molar-refractivity contribution < 1.29 is 13.9 Å². The lowest BCUT2D eigenvalue weighted by atomic mass is 10.3. The van der Waals surface area contributed by atoms with Gasteiger partial charge in [-0.25, -0.2) is 4.39 Å². The second kappa shape index (κ2) is 4.44. The predicted octanol–water partition coefficient (Wildman–Crippen LogP) is 2.62. The highest BCUT2D eigenvalue weighted by Gasteiger charge is 2.02. The first-order chi connectivity index (χ1) is 6.09. The van der Waals surface area contributed by atoms with Gasteiger partial charge in [-0.15, -0.1) is 0 Å². The third-order valence-corrected chi connectivity index (χ3v) is 1.64. The molecular formula is C8H5Cl2FO2. The number of carbonyl (C=O) groups is 1. The molecule has 0 fully saturated rings. The summed E-state index contributed by atoms with van der Waals surface area (Å²) in [6.45, 7) is -0.260. The number of hydrogen-bond donors (Lipinski definition) is 0. The first-order valence-corrected chi connectivity index (χ1v) is 4.11. The Kier molecular flexibility index (Phi) is 3.51. The fraction of sp³-hybridized carbons (Fsp3) is 0.125. The number of ether oxygens (including phenoxy) is 1. The summed E-state index contributed by atoms with van der Waals surface area (Å²) in [5, 5.41) is -0.681. The van der Waals surface area contributed by atoms with Gasteiger partial charge in [0.25, 0.3) is 5.24 Å². The van der Waals surface area contributed by atoms with Gasteiger partial charge in [0.2, 0.25) is 0 Å². The lowest BCUT2D eigenvalue weighted by Crippen LogP contribution is -2.04. The van der Waals surface area contributed by atoms with Crippen LogP contribution in [0.2, 0.25) is 5.02 Å². The van der Waals surface area contributed by atoms with E-state index in [2.05, 4.69) is 0 Å². The Hall–Kier alpha value is -0.800. The molecule has 0 aliphatic carbocycles.